The highest BCUT2D eigenvalue weighted by Gasteiger charge is 2.29. The predicted molar refractivity (Wildman–Crippen MR) is 103 cm³/mol. The number of carbonyl (C=O) groups excluding carboxylic acids is 2. The summed E-state index contributed by atoms with van der Waals surface area (Å²) in [6, 6.07) is 6.98. The molecule has 1 heterocycles. The van der Waals surface area contributed by atoms with Crippen LogP contribution in [0.4, 0.5) is 0 Å². The fraction of sp³-hybridized carbons (Fsp3) is 0.579. The Morgan fingerprint density at radius 2 is 2.00 bits per heavy atom. The molecule has 1 fully saturated rings. The molecule has 0 radical (unpaired) electrons. The topological polar surface area (TPSA) is 70.2 Å². The molecule has 0 saturated carbocycles. The summed E-state index contributed by atoms with van der Waals surface area (Å²) in [5.41, 5.74) is 1.61. The molecule has 0 bridgehead atoms. The van der Waals surface area contributed by atoms with Gasteiger partial charge in [0.15, 0.2) is 0 Å². The van der Waals surface area contributed by atoms with Crippen LogP contribution >= 0.6 is 12.4 Å². The smallest absolute Gasteiger partial charge is 0.251 e. The van der Waals surface area contributed by atoms with Crippen LogP contribution in [0.2, 0.25) is 0 Å². The van der Waals surface area contributed by atoms with Crippen molar-refractivity contribution in [3.63, 3.8) is 0 Å². The highest BCUT2D eigenvalue weighted by Crippen LogP contribution is 2.13. The third-order valence-electron chi connectivity index (χ3n) is 4.67. The van der Waals surface area contributed by atoms with Gasteiger partial charge in [0.25, 0.3) is 5.91 Å². The van der Waals surface area contributed by atoms with Gasteiger partial charge in [-0.3, -0.25) is 9.59 Å². The average molecular weight is 368 g/mol. The summed E-state index contributed by atoms with van der Waals surface area (Å²) in [6.07, 6.45) is 1.05. The first-order valence-electron chi connectivity index (χ1n) is 8.77. The van der Waals surface area contributed by atoms with Crippen molar-refractivity contribution in [1.29, 1.82) is 0 Å². The predicted octanol–water partition coefficient (Wildman–Crippen LogP) is 2.29. The molecule has 2 amide bonds. The Balaban J connectivity index is 0.00000312. The lowest BCUT2D eigenvalue weighted by Crippen LogP contribution is -2.56. The van der Waals surface area contributed by atoms with E-state index in [1.54, 1.807) is 6.07 Å². The van der Waals surface area contributed by atoms with E-state index in [0.717, 1.165) is 25.1 Å². The van der Waals surface area contributed by atoms with Crippen molar-refractivity contribution in [2.75, 3.05) is 13.1 Å². The van der Waals surface area contributed by atoms with E-state index in [9.17, 15) is 9.59 Å². The van der Waals surface area contributed by atoms with Crippen molar-refractivity contribution in [2.24, 2.45) is 11.8 Å². The number of hydrogen-bond acceptors (Lipinski definition) is 3. The molecule has 140 valence electrons. The van der Waals surface area contributed by atoms with E-state index in [2.05, 4.69) is 22.9 Å². The van der Waals surface area contributed by atoms with E-state index in [-0.39, 0.29) is 36.2 Å². The fourth-order valence-electron chi connectivity index (χ4n) is 3.00. The van der Waals surface area contributed by atoms with Crippen LogP contribution in [0.3, 0.4) is 0 Å². The largest absolute Gasteiger partial charge is 0.350 e. The Morgan fingerprint density at radius 1 is 1.28 bits per heavy atom. The molecule has 2 rings (SSSR count). The lowest BCUT2D eigenvalue weighted by Gasteiger charge is -2.32. The summed E-state index contributed by atoms with van der Waals surface area (Å²) in [6.45, 7) is 9.77. The molecule has 1 aliphatic heterocycles. The summed E-state index contributed by atoms with van der Waals surface area (Å²) in [7, 11) is 0. The van der Waals surface area contributed by atoms with Gasteiger partial charge in [0.2, 0.25) is 5.91 Å². The first-order chi connectivity index (χ1) is 11.4. The standard InChI is InChI=1S/C19H29N3O2.ClH/c1-12(2)17(19(24)21-16-11-20-9-8-14(16)4)22-18(23)15-7-5-6-13(3)10-15;/h5-7,10,12,14,16-17,20H,8-9,11H2,1-4H3,(H,21,24)(H,22,23);1H. The molecule has 25 heavy (non-hydrogen) atoms. The third-order valence-corrected chi connectivity index (χ3v) is 4.67. The molecule has 0 aromatic heterocycles. The number of piperidine rings is 1. The second kappa shape index (κ2) is 9.78. The van der Waals surface area contributed by atoms with E-state index >= 15 is 0 Å². The van der Waals surface area contributed by atoms with Crippen LogP contribution in [0.1, 0.15) is 43.1 Å². The zero-order chi connectivity index (χ0) is 17.7. The third kappa shape index (κ3) is 6.01. The number of rotatable bonds is 5. The van der Waals surface area contributed by atoms with Crippen LogP contribution in [0.25, 0.3) is 0 Å². The first-order valence-corrected chi connectivity index (χ1v) is 8.77. The van der Waals surface area contributed by atoms with Crippen LogP contribution in [-0.2, 0) is 4.79 Å². The number of amides is 2. The molecule has 3 unspecified atom stereocenters. The summed E-state index contributed by atoms with van der Waals surface area (Å²) >= 11 is 0. The number of carbonyl (C=O) groups is 2. The van der Waals surface area contributed by atoms with Gasteiger partial charge in [0, 0.05) is 18.2 Å². The number of hydrogen-bond donors (Lipinski definition) is 3. The molecule has 5 nitrogen and oxygen atoms in total. The second-order valence-corrected chi connectivity index (χ2v) is 7.15. The first kappa shape index (κ1) is 21.5. The maximum absolute atomic E-state index is 12.7. The van der Waals surface area contributed by atoms with E-state index in [1.165, 1.54) is 0 Å². The molecule has 0 aliphatic carbocycles. The SMILES string of the molecule is Cc1cccc(C(=O)NC(C(=O)NC2CNCCC2C)C(C)C)c1.Cl. The van der Waals surface area contributed by atoms with Crippen molar-refractivity contribution in [1.82, 2.24) is 16.0 Å². The number of nitrogens with one attached hydrogen (secondary N) is 3. The molecule has 1 aliphatic rings. The number of halogens is 1. The minimum Gasteiger partial charge on any atom is -0.350 e. The minimum atomic E-state index is -0.535. The normalized spacial score (nSPS) is 21.2. The highest BCUT2D eigenvalue weighted by atomic mass is 35.5. The second-order valence-electron chi connectivity index (χ2n) is 7.15. The Bertz CT molecular complexity index is 592. The van der Waals surface area contributed by atoms with E-state index < -0.39 is 6.04 Å². The summed E-state index contributed by atoms with van der Waals surface area (Å²) < 4.78 is 0. The molecule has 1 saturated heterocycles. The molecule has 0 spiro atoms. The Morgan fingerprint density at radius 3 is 2.60 bits per heavy atom. The van der Waals surface area contributed by atoms with Gasteiger partial charge in [-0.25, -0.2) is 0 Å². The molecular weight excluding hydrogens is 338 g/mol. The summed E-state index contributed by atoms with van der Waals surface area (Å²) in [5.74, 6) is 0.148. The van der Waals surface area contributed by atoms with E-state index in [1.807, 2.05) is 39.0 Å². The van der Waals surface area contributed by atoms with Gasteiger partial charge < -0.3 is 16.0 Å². The van der Waals surface area contributed by atoms with Gasteiger partial charge in [-0.15, -0.1) is 12.4 Å². The van der Waals surface area contributed by atoms with E-state index in [4.69, 9.17) is 0 Å². The lowest BCUT2D eigenvalue weighted by atomic mass is 9.93. The van der Waals surface area contributed by atoms with Gasteiger partial charge in [-0.05, 0) is 43.9 Å². The average Bonchev–Trinajstić information content (AvgIpc) is 2.54. The zero-order valence-corrected chi connectivity index (χ0v) is 16.3. The number of benzene rings is 1. The molecule has 6 heteroatoms. The molecular formula is C19H30ClN3O2. The Labute approximate surface area is 156 Å². The van der Waals surface area contributed by atoms with Crippen LogP contribution < -0.4 is 16.0 Å². The summed E-state index contributed by atoms with van der Waals surface area (Å²) in [5, 5.41) is 9.30. The van der Waals surface area contributed by atoms with Crippen LogP contribution in [0.15, 0.2) is 24.3 Å². The maximum Gasteiger partial charge on any atom is 0.251 e. The van der Waals surface area contributed by atoms with Crippen molar-refractivity contribution in [3.8, 4) is 0 Å². The van der Waals surface area contributed by atoms with Crippen molar-refractivity contribution >= 4 is 24.2 Å². The Kier molecular flexibility index (Phi) is 8.39. The summed E-state index contributed by atoms with van der Waals surface area (Å²) in [4.78, 5) is 25.1. The molecule has 3 atom stereocenters. The van der Waals surface area contributed by atoms with Gasteiger partial charge in [0.05, 0.1) is 0 Å². The van der Waals surface area contributed by atoms with Gasteiger partial charge >= 0.3 is 0 Å². The zero-order valence-electron chi connectivity index (χ0n) is 15.5. The van der Waals surface area contributed by atoms with Gasteiger partial charge in [-0.1, -0.05) is 38.5 Å². The van der Waals surface area contributed by atoms with Crippen LogP contribution in [-0.4, -0.2) is 37.0 Å². The van der Waals surface area contributed by atoms with Crippen LogP contribution in [0.5, 0.6) is 0 Å². The van der Waals surface area contributed by atoms with E-state index in [0.29, 0.717) is 11.5 Å². The monoisotopic (exact) mass is 367 g/mol. The minimum absolute atomic E-state index is 0. The van der Waals surface area contributed by atoms with Crippen molar-refractivity contribution in [2.45, 2.75) is 46.2 Å². The van der Waals surface area contributed by atoms with Gasteiger partial charge in [0.1, 0.15) is 6.04 Å². The quantitative estimate of drug-likeness (QED) is 0.747. The lowest BCUT2D eigenvalue weighted by molar-refractivity contribution is -0.125. The molecule has 1 aromatic carbocycles. The number of aryl methyl sites for hydroxylation is 1. The Hall–Kier alpha value is -1.59. The van der Waals surface area contributed by atoms with Crippen LogP contribution in [0, 0.1) is 18.8 Å². The highest BCUT2D eigenvalue weighted by molar-refractivity contribution is 5.97. The van der Waals surface area contributed by atoms with Crippen molar-refractivity contribution < 1.29 is 9.59 Å². The fourth-order valence-corrected chi connectivity index (χ4v) is 3.00. The molecule has 3 N–H and O–H groups in total. The van der Waals surface area contributed by atoms with Crippen molar-refractivity contribution in [3.05, 3.63) is 35.4 Å². The van der Waals surface area contributed by atoms with Gasteiger partial charge in [-0.2, -0.15) is 0 Å². The maximum atomic E-state index is 12.7. The molecule has 1 aromatic rings.